The molecule has 94 valence electrons. The molecule has 0 aliphatic heterocycles. The number of nitrogens with zero attached hydrogens (tertiary/aromatic N) is 2. The molecule has 4 nitrogen and oxygen atoms in total. The van der Waals surface area contributed by atoms with E-state index in [2.05, 4.69) is 5.10 Å². The van der Waals surface area contributed by atoms with Crippen LogP contribution in [0.1, 0.15) is 24.9 Å². The van der Waals surface area contributed by atoms with Gasteiger partial charge in [-0.2, -0.15) is 5.10 Å². The summed E-state index contributed by atoms with van der Waals surface area (Å²) in [4.78, 5) is 11.1. The summed E-state index contributed by atoms with van der Waals surface area (Å²) >= 11 is 0. The fourth-order valence-corrected chi connectivity index (χ4v) is 2.00. The molecule has 1 N–H and O–H groups in total. The van der Waals surface area contributed by atoms with E-state index in [1.54, 1.807) is 10.9 Å². The zero-order valence-corrected chi connectivity index (χ0v) is 10.5. The van der Waals surface area contributed by atoms with Crippen molar-refractivity contribution in [3.05, 3.63) is 42.1 Å². The smallest absolute Gasteiger partial charge is 0.328 e. The first-order chi connectivity index (χ1) is 8.63. The maximum absolute atomic E-state index is 11.1. The molecule has 0 radical (unpaired) electrons. The molecule has 0 bridgehead atoms. The number of hydrogen-bond donors (Lipinski definition) is 1. The van der Waals surface area contributed by atoms with Crippen LogP contribution in [0.15, 0.2) is 36.5 Å². The monoisotopic (exact) mass is 244 g/mol. The topological polar surface area (TPSA) is 55.1 Å². The average molecular weight is 244 g/mol. The first kappa shape index (κ1) is 12.4. The number of rotatable bonds is 4. The van der Waals surface area contributed by atoms with Crippen molar-refractivity contribution >= 4 is 5.97 Å². The van der Waals surface area contributed by atoms with Gasteiger partial charge in [0.05, 0.1) is 5.69 Å². The van der Waals surface area contributed by atoms with Crippen molar-refractivity contribution in [1.29, 1.82) is 0 Å². The summed E-state index contributed by atoms with van der Waals surface area (Å²) in [5.41, 5.74) is 2.84. The molecule has 4 heteroatoms. The second-order valence-corrected chi connectivity index (χ2v) is 4.27. The van der Waals surface area contributed by atoms with Crippen LogP contribution in [0.4, 0.5) is 0 Å². The highest BCUT2D eigenvalue weighted by molar-refractivity contribution is 5.72. The molecule has 0 aliphatic carbocycles. The summed E-state index contributed by atoms with van der Waals surface area (Å²) < 4.78 is 1.54. The van der Waals surface area contributed by atoms with Gasteiger partial charge >= 0.3 is 5.97 Å². The van der Waals surface area contributed by atoms with E-state index in [0.717, 1.165) is 16.8 Å². The highest BCUT2D eigenvalue weighted by atomic mass is 16.4. The second kappa shape index (κ2) is 5.04. The third-order valence-electron chi connectivity index (χ3n) is 2.95. The average Bonchev–Trinajstić information content (AvgIpc) is 2.73. The van der Waals surface area contributed by atoms with E-state index in [4.69, 9.17) is 5.11 Å². The van der Waals surface area contributed by atoms with Gasteiger partial charge in [-0.1, -0.05) is 37.3 Å². The van der Waals surface area contributed by atoms with Gasteiger partial charge in [0.2, 0.25) is 0 Å². The zero-order chi connectivity index (χ0) is 13.1. The number of benzene rings is 1. The molecule has 1 unspecified atom stereocenters. The van der Waals surface area contributed by atoms with Crippen LogP contribution in [-0.2, 0) is 4.79 Å². The van der Waals surface area contributed by atoms with Gasteiger partial charge in [-0.3, -0.25) is 4.68 Å². The van der Waals surface area contributed by atoms with E-state index in [1.807, 2.05) is 44.2 Å². The largest absolute Gasteiger partial charge is 0.480 e. The number of aromatic nitrogens is 2. The fraction of sp³-hybridized carbons (Fsp3) is 0.286. The van der Waals surface area contributed by atoms with Gasteiger partial charge in [0.1, 0.15) is 6.04 Å². The van der Waals surface area contributed by atoms with Crippen molar-refractivity contribution in [1.82, 2.24) is 9.78 Å². The molecule has 1 aromatic heterocycles. The predicted molar refractivity (Wildman–Crippen MR) is 69.4 cm³/mol. The van der Waals surface area contributed by atoms with Crippen LogP contribution in [0.2, 0.25) is 0 Å². The lowest BCUT2D eigenvalue weighted by molar-refractivity contribution is -0.141. The van der Waals surface area contributed by atoms with Crippen molar-refractivity contribution in [3.63, 3.8) is 0 Å². The molecule has 0 saturated heterocycles. The van der Waals surface area contributed by atoms with Crippen molar-refractivity contribution < 1.29 is 9.90 Å². The Labute approximate surface area is 106 Å². The van der Waals surface area contributed by atoms with E-state index in [0.29, 0.717) is 6.42 Å². The zero-order valence-electron chi connectivity index (χ0n) is 10.5. The first-order valence-electron chi connectivity index (χ1n) is 5.97. The van der Waals surface area contributed by atoms with Gasteiger partial charge < -0.3 is 5.11 Å². The third-order valence-corrected chi connectivity index (χ3v) is 2.95. The molecule has 1 heterocycles. The lowest BCUT2D eigenvalue weighted by Gasteiger charge is -2.09. The van der Waals surface area contributed by atoms with E-state index in [9.17, 15) is 4.79 Å². The molecular formula is C14H16N2O2. The molecule has 0 saturated carbocycles. The Kier molecular flexibility index (Phi) is 3.46. The van der Waals surface area contributed by atoms with E-state index in [-0.39, 0.29) is 0 Å². The number of carboxylic acids is 1. The van der Waals surface area contributed by atoms with Crippen molar-refractivity contribution in [2.75, 3.05) is 0 Å². The van der Waals surface area contributed by atoms with Crippen molar-refractivity contribution in [2.45, 2.75) is 26.3 Å². The second-order valence-electron chi connectivity index (χ2n) is 4.27. The lowest BCUT2D eigenvalue weighted by atomic mass is 10.1. The quantitative estimate of drug-likeness (QED) is 0.899. The molecule has 2 aromatic rings. The minimum atomic E-state index is -0.848. The lowest BCUT2D eigenvalue weighted by Crippen LogP contribution is -2.18. The molecule has 1 aromatic carbocycles. The molecule has 0 fully saturated rings. The fourth-order valence-electron chi connectivity index (χ4n) is 2.00. The summed E-state index contributed by atoms with van der Waals surface area (Å²) in [6.07, 6.45) is 2.31. The Bertz CT molecular complexity index is 546. The number of aliphatic carboxylic acids is 1. The maximum Gasteiger partial charge on any atom is 0.328 e. The molecule has 0 amide bonds. The first-order valence-corrected chi connectivity index (χ1v) is 5.97. The molecule has 18 heavy (non-hydrogen) atoms. The Hall–Kier alpha value is -2.10. The van der Waals surface area contributed by atoms with Gasteiger partial charge in [0.25, 0.3) is 0 Å². The van der Waals surface area contributed by atoms with Gasteiger partial charge in [-0.05, 0) is 18.9 Å². The number of carbonyl (C=O) groups is 1. The minimum Gasteiger partial charge on any atom is -0.480 e. The third kappa shape index (κ3) is 2.27. The summed E-state index contributed by atoms with van der Waals surface area (Å²) in [6.45, 7) is 3.79. The minimum absolute atomic E-state index is 0.519. The summed E-state index contributed by atoms with van der Waals surface area (Å²) in [5, 5.41) is 13.5. The Morgan fingerprint density at radius 1 is 1.39 bits per heavy atom. The van der Waals surface area contributed by atoms with E-state index < -0.39 is 12.0 Å². The number of carboxylic acid groups (broad SMARTS) is 1. The van der Waals surface area contributed by atoms with Gasteiger partial charge in [0.15, 0.2) is 0 Å². The number of aryl methyl sites for hydroxylation is 1. The van der Waals surface area contributed by atoms with E-state index in [1.165, 1.54) is 0 Å². The van der Waals surface area contributed by atoms with Crippen molar-refractivity contribution in [2.24, 2.45) is 0 Å². The molecular weight excluding hydrogens is 228 g/mol. The SMILES string of the molecule is CCC(C(=O)O)n1cc(C)c(-c2ccccc2)n1. The molecule has 1 atom stereocenters. The Morgan fingerprint density at radius 3 is 2.61 bits per heavy atom. The van der Waals surface area contributed by atoms with Crippen LogP contribution in [-0.4, -0.2) is 20.9 Å². The Morgan fingerprint density at radius 2 is 2.06 bits per heavy atom. The highest BCUT2D eigenvalue weighted by Gasteiger charge is 2.19. The molecule has 0 spiro atoms. The summed E-state index contributed by atoms with van der Waals surface area (Å²) in [6, 6.07) is 9.19. The predicted octanol–water partition coefficient (Wildman–Crippen LogP) is 2.89. The van der Waals surface area contributed by atoms with Crippen LogP contribution >= 0.6 is 0 Å². The van der Waals surface area contributed by atoms with Crippen LogP contribution in [0, 0.1) is 6.92 Å². The summed E-state index contributed by atoms with van der Waals surface area (Å²) in [5.74, 6) is -0.848. The highest BCUT2D eigenvalue weighted by Crippen LogP contribution is 2.23. The summed E-state index contributed by atoms with van der Waals surface area (Å²) in [7, 11) is 0. The van der Waals surface area contributed by atoms with Crippen LogP contribution in [0.25, 0.3) is 11.3 Å². The molecule has 2 rings (SSSR count). The van der Waals surface area contributed by atoms with Crippen LogP contribution in [0.3, 0.4) is 0 Å². The van der Waals surface area contributed by atoms with Crippen molar-refractivity contribution in [3.8, 4) is 11.3 Å². The van der Waals surface area contributed by atoms with Gasteiger partial charge in [-0.15, -0.1) is 0 Å². The molecule has 0 aliphatic rings. The maximum atomic E-state index is 11.1. The van der Waals surface area contributed by atoms with Crippen LogP contribution < -0.4 is 0 Å². The standard InChI is InChI=1S/C14H16N2O2/c1-3-12(14(17)18)16-9-10(2)13(15-16)11-7-5-4-6-8-11/h4-9,12H,3H2,1-2H3,(H,17,18). The van der Waals surface area contributed by atoms with Gasteiger partial charge in [0, 0.05) is 11.8 Å². The Balaban J connectivity index is 2.41. The van der Waals surface area contributed by atoms with E-state index >= 15 is 0 Å². The normalized spacial score (nSPS) is 12.3. The van der Waals surface area contributed by atoms with Gasteiger partial charge in [-0.25, -0.2) is 4.79 Å². The van der Waals surface area contributed by atoms with Crippen LogP contribution in [0.5, 0.6) is 0 Å². The number of hydrogen-bond acceptors (Lipinski definition) is 2.